The van der Waals surface area contributed by atoms with Gasteiger partial charge in [-0.25, -0.2) is 4.79 Å². The molecular formula is C11H25NO3. The summed E-state index contributed by atoms with van der Waals surface area (Å²) in [4.78, 5) is 20.3. The fraction of sp³-hybridized carbons (Fsp3) is 0.818. The Bertz CT molecular complexity index is 141. The number of nitrogens with one attached hydrogen (secondary N) is 1. The fourth-order valence-corrected chi connectivity index (χ4v) is 0.558. The van der Waals surface area contributed by atoms with E-state index in [2.05, 4.69) is 10.1 Å². The zero-order valence-electron chi connectivity index (χ0n) is 10.8. The third-order valence-corrected chi connectivity index (χ3v) is 1.31. The summed E-state index contributed by atoms with van der Waals surface area (Å²) in [5, 5.41) is 2.25. The monoisotopic (exact) mass is 219 g/mol. The highest BCUT2D eigenvalue weighted by Crippen LogP contribution is 1.90. The number of ether oxygens (including phenoxy) is 1. The predicted octanol–water partition coefficient (Wildman–Crippen LogP) is 2.76. The van der Waals surface area contributed by atoms with Gasteiger partial charge in [-0.1, -0.05) is 27.7 Å². The summed E-state index contributed by atoms with van der Waals surface area (Å²) in [6, 6.07) is 0. The molecule has 0 aromatic heterocycles. The summed E-state index contributed by atoms with van der Waals surface area (Å²) < 4.78 is 4.15. The van der Waals surface area contributed by atoms with Gasteiger partial charge in [0.15, 0.2) is 0 Å². The van der Waals surface area contributed by atoms with Crippen molar-refractivity contribution in [1.29, 1.82) is 0 Å². The third-order valence-electron chi connectivity index (χ3n) is 1.31. The van der Waals surface area contributed by atoms with Gasteiger partial charge in [0.1, 0.15) is 5.78 Å². The molecule has 1 amide bonds. The molecule has 1 N–H and O–H groups in total. The lowest BCUT2D eigenvalue weighted by molar-refractivity contribution is -0.118. The normalized spacial score (nSPS) is 7.33. The first kappa shape index (κ1) is 19.5. The minimum absolute atomic E-state index is 0.377. The van der Waals surface area contributed by atoms with Gasteiger partial charge in [0.05, 0.1) is 7.11 Å². The molecule has 15 heavy (non-hydrogen) atoms. The number of rotatable bonds is 3. The number of carbonyl (C=O) groups excluding carboxylic acids is 2. The summed E-state index contributed by atoms with van der Waals surface area (Å²) in [6.45, 7) is 7.92. The Hall–Kier alpha value is -1.06. The highest BCUT2D eigenvalue weighted by molar-refractivity contribution is 5.77. The molecule has 92 valence electrons. The molecule has 0 spiro atoms. The first-order valence-electron chi connectivity index (χ1n) is 5.39. The van der Waals surface area contributed by atoms with Gasteiger partial charge in [-0.05, 0) is 6.42 Å². The first-order chi connectivity index (χ1) is 7.12. The molecule has 0 aliphatic carbocycles. The van der Waals surface area contributed by atoms with Gasteiger partial charge in [0.25, 0.3) is 0 Å². The van der Waals surface area contributed by atoms with Gasteiger partial charge in [0, 0.05) is 19.9 Å². The van der Waals surface area contributed by atoms with Crippen molar-refractivity contribution in [3.05, 3.63) is 0 Å². The van der Waals surface area contributed by atoms with Gasteiger partial charge in [-0.3, -0.25) is 4.79 Å². The summed E-state index contributed by atoms with van der Waals surface area (Å²) in [5.41, 5.74) is 0. The highest BCUT2D eigenvalue weighted by atomic mass is 16.5. The average molecular weight is 219 g/mol. The quantitative estimate of drug-likeness (QED) is 0.794. The molecule has 4 heteroatoms. The van der Waals surface area contributed by atoms with E-state index in [1.165, 1.54) is 14.2 Å². The van der Waals surface area contributed by atoms with Crippen LogP contribution in [0.1, 0.15) is 47.0 Å². The Morgan fingerprint density at radius 1 is 1.20 bits per heavy atom. The number of Topliss-reactive ketones (excluding diaryl/α,β-unsaturated/α-hetero) is 1. The molecule has 0 unspecified atom stereocenters. The van der Waals surface area contributed by atoms with Crippen molar-refractivity contribution in [2.45, 2.75) is 47.0 Å². The molecular weight excluding hydrogens is 194 g/mol. The summed E-state index contributed by atoms with van der Waals surface area (Å²) in [7, 11) is 2.82. The maximum absolute atomic E-state index is 10.4. The van der Waals surface area contributed by atoms with Gasteiger partial charge < -0.3 is 10.1 Å². The molecule has 0 saturated carbocycles. The minimum Gasteiger partial charge on any atom is -0.453 e. The van der Waals surface area contributed by atoms with Crippen LogP contribution in [-0.2, 0) is 9.53 Å². The van der Waals surface area contributed by atoms with Crippen LogP contribution in [0.4, 0.5) is 4.79 Å². The van der Waals surface area contributed by atoms with Crippen molar-refractivity contribution in [2.75, 3.05) is 14.2 Å². The number of hydrogen-bond donors (Lipinski definition) is 1. The van der Waals surface area contributed by atoms with Gasteiger partial charge in [-0.15, -0.1) is 0 Å². The first-order valence-corrected chi connectivity index (χ1v) is 5.39. The number of methoxy groups -OCH3 is 1. The lowest BCUT2D eigenvalue weighted by atomic mass is 10.2. The van der Waals surface area contributed by atoms with Crippen LogP contribution in [0.5, 0.6) is 0 Å². The summed E-state index contributed by atoms with van der Waals surface area (Å²) in [6.07, 6.45) is 2.05. The van der Waals surface area contributed by atoms with E-state index in [4.69, 9.17) is 0 Å². The van der Waals surface area contributed by atoms with E-state index in [0.29, 0.717) is 12.2 Å². The van der Waals surface area contributed by atoms with Gasteiger partial charge in [0.2, 0.25) is 0 Å². The molecule has 0 radical (unpaired) electrons. The summed E-state index contributed by atoms with van der Waals surface area (Å²) >= 11 is 0. The maximum atomic E-state index is 10.4. The Morgan fingerprint density at radius 2 is 1.67 bits per heavy atom. The largest absolute Gasteiger partial charge is 0.453 e. The molecule has 0 aliphatic heterocycles. The molecule has 0 aliphatic rings. The standard InChI is InChI=1S/C6H12O.C3H7NO2.C2H6/c1-3-5-6(7)4-2;1-4-3(5)6-2;1-2/h3-5H2,1-2H3;1-2H3,(H,4,5);1-2H3. The van der Waals surface area contributed by atoms with Crippen molar-refractivity contribution in [3.63, 3.8) is 0 Å². The Kier molecular flexibility index (Phi) is 24.3. The van der Waals surface area contributed by atoms with Crippen molar-refractivity contribution < 1.29 is 14.3 Å². The fourth-order valence-electron chi connectivity index (χ4n) is 0.558. The van der Waals surface area contributed by atoms with Crippen LogP contribution in [0.25, 0.3) is 0 Å². The van der Waals surface area contributed by atoms with Crippen molar-refractivity contribution in [1.82, 2.24) is 5.32 Å². The van der Waals surface area contributed by atoms with Gasteiger partial charge >= 0.3 is 6.09 Å². The lowest BCUT2D eigenvalue weighted by Crippen LogP contribution is -2.16. The zero-order chi connectivity index (χ0) is 12.7. The molecule has 0 heterocycles. The number of ketones is 1. The van der Waals surface area contributed by atoms with Crippen LogP contribution < -0.4 is 5.32 Å². The lowest BCUT2D eigenvalue weighted by Gasteiger charge is -1.90. The van der Waals surface area contributed by atoms with Crippen LogP contribution in [0.15, 0.2) is 0 Å². The Balaban J connectivity index is -0.000000166. The van der Waals surface area contributed by atoms with Crippen molar-refractivity contribution in [2.24, 2.45) is 0 Å². The molecule has 4 nitrogen and oxygen atoms in total. The predicted molar refractivity (Wildman–Crippen MR) is 63.0 cm³/mol. The molecule has 0 bridgehead atoms. The number of carbonyl (C=O) groups is 2. The average Bonchev–Trinajstić information content (AvgIpc) is 2.31. The minimum atomic E-state index is -0.407. The smallest absolute Gasteiger partial charge is 0.406 e. The highest BCUT2D eigenvalue weighted by Gasteiger charge is 1.91. The second kappa shape index (κ2) is 18.7. The molecule has 0 atom stereocenters. The third kappa shape index (κ3) is 24.6. The van der Waals surface area contributed by atoms with Crippen molar-refractivity contribution in [3.8, 4) is 0 Å². The van der Waals surface area contributed by atoms with Crippen LogP contribution in [0.2, 0.25) is 0 Å². The summed E-state index contributed by atoms with van der Waals surface area (Å²) in [5.74, 6) is 0.377. The second-order valence-corrected chi connectivity index (χ2v) is 2.38. The van der Waals surface area contributed by atoms with Crippen molar-refractivity contribution >= 4 is 11.9 Å². The van der Waals surface area contributed by atoms with E-state index in [1.807, 2.05) is 27.7 Å². The van der Waals surface area contributed by atoms with Gasteiger partial charge in [-0.2, -0.15) is 0 Å². The van der Waals surface area contributed by atoms with Crippen LogP contribution >= 0.6 is 0 Å². The van der Waals surface area contributed by atoms with E-state index >= 15 is 0 Å². The number of hydrogen-bond acceptors (Lipinski definition) is 3. The van der Waals surface area contributed by atoms with E-state index < -0.39 is 6.09 Å². The molecule has 0 aromatic rings. The van der Waals surface area contributed by atoms with Crippen LogP contribution in [0, 0.1) is 0 Å². The van der Waals surface area contributed by atoms with Crippen LogP contribution in [0.3, 0.4) is 0 Å². The SMILES string of the molecule is CC.CCCC(=O)CC.CNC(=O)OC. The Labute approximate surface area is 93.4 Å². The second-order valence-electron chi connectivity index (χ2n) is 2.38. The molecule has 0 rings (SSSR count). The topological polar surface area (TPSA) is 55.4 Å². The number of alkyl carbamates (subject to hydrolysis) is 1. The van der Waals surface area contributed by atoms with Crippen LogP contribution in [-0.4, -0.2) is 26.0 Å². The zero-order valence-corrected chi connectivity index (χ0v) is 10.8. The molecule has 0 saturated heterocycles. The van der Waals surface area contributed by atoms with E-state index in [0.717, 1.165) is 12.8 Å². The maximum Gasteiger partial charge on any atom is 0.406 e. The molecule has 0 aromatic carbocycles. The van der Waals surface area contributed by atoms with E-state index in [9.17, 15) is 9.59 Å². The van der Waals surface area contributed by atoms with E-state index in [1.54, 1.807) is 0 Å². The number of amides is 1. The molecule has 0 fully saturated rings. The van der Waals surface area contributed by atoms with E-state index in [-0.39, 0.29) is 0 Å². The Morgan fingerprint density at radius 3 is 1.73 bits per heavy atom.